The van der Waals surface area contributed by atoms with Crippen molar-refractivity contribution < 1.29 is 0 Å². The second kappa shape index (κ2) is 9.81. The summed E-state index contributed by atoms with van der Waals surface area (Å²) in [6, 6.07) is 0.600. The van der Waals surface area contributed by atoms with Gasteiger partial charge in [-0.2, -0.15) is 0 Å². The van der Waals surface area contributed by atoms with E-state index in [2.05, 4.69) is 37.5 Å². The number of nitrogens with zero attached hydrogens (tertiary/aromatic N) is 2. The van der Waals surface area contributed by atoms with E-state index in [1.54, 1.807) is 0 Å². The number of hydrogen-bond acceptors (Lipinski definition) is 3. The Bertz CT molecular complexity index is 267. The van der Waals surface area contributed by atoms with E-state index in [4.69, 9.17) is 5.73 Å². The minimum atomic E-state index is 0.240. The number of rotatable bonds is 9. The van der Waals surface area contributed by atoms with Crippen LogP contribution in [0, 0.1) is 0 Å². The monoisotopic (exact) mass is 297 g/mol. The van der Waals surface area contributed by atoms with Crippen LogP contribution in [0.5, 0.6) is 0 Å². The summed E-state index contributed by atoms with van der Waals surface area (Å²) in [4.78, 5) is 5.38. The van der Waals surface area contributed by atoms with Gasteiger partial charge in [-0.3, -0.25) is 4.90 Å². The molecule has 3 heteroatoms. The lowest BCUT2D eigenvalue weighted by Gasteiger charge is -2.46. The number of hydrogen-bond donors (Lipinski definition) is 1. The Hall–Kier alpha value is -0.120. The molecule has 1 atom stereocenters. The maximum absolute atomic E-state index is 6.31. The van der Waals surface area contributed by atoms with Crippen LogP contribution in [0.25, 0.3) is 0 Å². The molecule has 0 aliphatic carbocycles. The summed E-state index contributed by atoms with van der Waals surface area (Å²) in [5.74, 6) is 0. The molecule has 21 heavy (non-hydrogen) atoms. The van der Waals surface area contributed by atoms with E-state index >= 15 is 0 Å². The van der Waals surface area contributed by atoms with Crippen LogP contribution in [0.4, 0.5) is 0 Å². The van der Waals surface area contributed by atoms with Gasteiger partial charge in [0.2, 0.25) is 0 Å². The SMILES string of the molecule is CCCCCN(C(C)C)C1(CN)CCCN(CCC)CC1. The predicted octanol–water partition coefficient (Wildman–Crippen LogP) is 3.48. The van der Waals surface area contributed by atoms with E-state index in [1.165, 1.54) is 71.1 Å². The molecule has 2 N–H and O–H groups in total. The molecule has 0 aromatic carbocycles. The van der Waals surface area contributed by atoms with Gasteiger partial charge in [-0.15, -0.1) is 0 Å². The highest BCUT2D eigenvalue weighted by atomic mass is 15.2. The van der Waals surface area contributed by atoms with Crippen LogP contribution in [0.2, 0.25) is 0 Å². The van der Waals surface area contributed by atoms with Gasteiger partial charge in [-0.25, -0.2) is 0 Å². The first-order valence-corrected chi connectivity index (χ1v) is 9.28. The lowest BCUT2D eigenvalue weighted by Crippen LogP contribution is -2.57. The quantitative estimate of drug-likeness (QED) is 0.661. The van der Waals surface area contributed by atoms with Gasteiger partial charge in [-0.1, -0.05) is 26.7 Å². The van der Waals surface area contributed by atoms with Crippen LogP contribution in [-0.4, -0.2) is 54.1 Å². The molecule has 1 unspecified atom stereocenters. The average Bonchev–Trinajstić information content (AvgIpc) is 2.67. The normalized spacial score (nSPS) is 24.7. The van der Waals surface area contributed by atoms with E-state index in [0.29, 0.717) is 6.04 Å². The first-order chi connectivity index (χ1) is 10.1. The number of nitrogens with two attached hydrogens (primary N) is 1. The molecular formula is C18H39N3. The van der Waals surface area contributed by atoms with Gasteiger partial charge in [-0.05, 0) is 72.1 Å². The third-order valence-corrected chi connectivity index (χ3v) is 5.16. The van der Waals surface area contributed by atoms with Gasteiger partial charge in [0, 0.05) is 18.1 Å². The highest BCUT2D eigenvalue weighted by Crippen LogP contribution is 2.30. The molecular weight excluding hydrogens is 258 g/mol. The summed E-state index contributed by atoms with van der Waals surface area (Å²) >= 11 is 0. The van der Waals surface area contributed by atoms with Crippen molar-refractivity contribution in [3.63, 3.8) is 0 Å². The third-order valence-electron chi connectivity index (χ3n) is 5.16. The van der Waals surface area contributed by atoms with Gasteiger partial charge in [0.05, 0.1) is 0 Å². The van der Waals surface area contributed by atoms with Crippen molar-refractivity contribution in [2.45, 2.75) is 84.2 Å². The zero-order valence-electron chi connectivity index (χ0n) is 15.0. The molecule has 1 aliphatic rings. The van der Waals surface area contributed by atoms with Crippen molar-refractivity contribution in [2.24, 2.45) is 5.73 Å². The topological polar surface area (TPSA) is 32.5 Å². The first-order valence-electron chi connectivity index (χ1n) is 9.28. The second-order valence-corrected chi connectivity index (χ2v) is 7.12. The minimum Gasteiger partial charge on any atom is -0.329 e. The molecule has 1 aliphatic heterocycles. The van der Waals surface area contributed by atoms with Gasteiger partial charge in [0.15, 0.2) is 0 Å². The molecule has 1 saturated heterocycles. The van der Waals surface area contributed by atoms with Crippen molar-refractivity contribution in [1.29, 1.82) is 0 Å². The molecule has 0 aromatic rings. The van der Waals surface area contributed by atoms with Crippen LogP contribution < -0.4 is 5.73 Å². The van der Waals surface area contributed by atoms with Crippen LogP contribution in [0.15, 0.2) is 0 Å². The summed E-state index contributed by atoms with van der Waals surface area (Å²) in [6.45, 7) is 15.0. The standard InChI is InChI=1S/C18H39N3/c1-5-7-8-14-21(17(3)4)18(16-19)10-9-13-20(12-6-2)15-11-18/h17H,5-16,19H2,1-4H3. The lowest BCUT2D eigenvalue weighted by atomic mass is 9.87. The molecule has 3 nitrogen and oxygen atoms in total. The van der Waals surface area contributed by atoms with Crippen LogP contribution in [0.3, 0.4) is 0 Å². The maximum atomic E-state index is 6.31. The smallest absolute Gasteiger partial charge is 0.0347 e. The Balaban J connectivity index is 2.74. The molecule has 126 valence electrons. The average molecular weight is 298 g/mol. The first kappa shape index (κ1) is 18.9. The van der Waals surface area contributed by atoms with Gasteiger partial charge >= 0.3 is 0 Å². The van der Waals surface area contributed by atoms with Gasteiger partial charge in [0.25, 0.3) is 0 Å². The highest BCUT2D eigenvalue weighted by molar-refractivity contribution is 4.96. The number of likely N-dealkylation sites (tertiary alicyclic amines) is 1. The molecule has 0 amide bonds. The highest BCUT2D eigenvalue weighted by Gasteiger charge is 2.37. The van der Waals surface area contributed by atoms with E-state index in [0.717, 1.165) is 6.54 Å². The Morgan fingerprint density at radius 3 is 2.43 bits per heavy atom. The van der Waals surface area contributed by atoms with Crippen LogP contribution in [0.1, 0.15) is 72.6 Å². The molecule has 1 fully saturated rings. The fourth-order valence-electron chi connectivity index (χ4n) is 3.96. The van der Waals surface area contributed by atoms with Gasteiger partial charge in [0.1, 0.15) is 0 Å². The predicted molar refractivity (Wildman–Crippen MR) is 93.7 cm³/mol. The Morgan fingerprint density at radius 2 is 1.86 bits per heavy atom. The fraction of sp³-hybridized carbons (Fsp3) is 1.00. The number of unbranched alkanes of at least 4 members (excludes halogenated alkanes) is 2. The summed E-state index contributed by atoms with van der Waals surface area (Å²) in [5, 5.41) is 0. The van der Waals surface area contributed by atoms with Crippen molar-refractivity contribution >= 4 is 0 Å². The minimum absolute atomic E-state index is 0.240. The molecule has 0 saturated carbocycles. The summed E-state index contributed by atoms with van der Waals surface area (Å²) in [5.41, 5.74) is 6.55. The zero-order valence-corrected chi connectivity index (χ0v) is 15.0. The fourth-order valence-corrected chi connectivity index (χ4v) is 3.96. The largest absolute Gasteiger partial charge is 0.329 e. The van der Waals surface area contributed by atoms with Crippen LogP contribution in [-0.2, 0) is 0 Å². The van der Waals surface area contributed by atoms with E-state index in [9.17, 15) is 0 Å². The second-order valence-electron chi connectivity index (χ2n) is 7.12. The Morgan fingerprint density at radius 1 is 1.10 bits per heavy atom. The van der Waals surface area contributed by atoms with Crippen molar-refractivity contribution in [3.8, 4) is 0 Å². The summed E-state index contributed by atoms with van der Waals surface area (Å²) < 4.78 is 0. The Kier molecular flexibility index (Phi) is 8.84. The molecule has 0 spiro atoms. The zero-order chi connectivity index (χ0) is 15.7. The molecule has 1 heterocycles. The van der Waals surface area contributed by atoms with Crippen molar-refractivity contribution in [2.75, 3.05) is 32.7 Å². The van der Waals surface area contributed by atoms with E-state index in [-0.39, 0.29) is 5.54 Å². The molecule has 0 aromatic heterocycles. The molecule has 1 rings (SSSR count). The van der Waals surface area contributed by atoms with Crippen molar-refractivity contribution in [3.05, 3.63) is 0 Å². The third kappa shape index (κ3) is 5.54. The summed E-state index contributed by atoms with van der Waals surface area (Å²) in [6.07, 6.45) is 9.03. The molecule has 0 bridgehead atoms. The van der Waals surface area contributed by atoms with E-state index in [1.807, 2.05) is 0 Å². The maximum Gasteiger partial charge on any atom is 0.0347 e. The van der Waals surface area contributed by atoms with Gasteiger partial charge < -0.3 is 10.6 Å². The Labute approximate surface area is 133 Å². The molecule has 0 radical (unpaired) electrons. The van der Waals surface area contributed by atoms with Crippen molar-refractivity contribution in [1.82, 2.24) is 9.80 Å². The van der Waals surface area contributed by atoms with Crippen LogP contribution >= 0.6 is 0 Å². The van der Waals surface area contributed by atoms with E-state index < -0.39 is 0 Å². The lowest BCUT2D eigenvalue weighted by molar-refractivity contribution is 0.0462. The summed E-state index contributed by atoms with van der Waals surface area (Å²) in [7, 11) is 0.